The highest BCUT2D eigenvalue weighted by atomic mass is 16.6. The number of ether oxygens (including phenoxy) is 1. The second-order valence-corrected chi connectivity index (χ2v) is 5.67. The molecule has 0 saturated carbocycles. The average Bonchev–Trinajstić information content (AvgIpc) is 2.96. The van der Waals surface area contributed by atoms with Crippen molar-refractivity contribution in [3.05, 3.63) is 54.4 Å². The number of benzene rings is 1. The number of carbonyl (C=O) groups is 1. The Bertz CT molecular complexity index is 661. The van der Waals surface area contributed by atoms with Gasteiger partial charge in [0.1, 0.15) is 5.60 Å². The zero-order valence-corrected chi connectivity index (χ0v) is 12.9. The van der Waals surface area contributed by atoms with Crippen LogP contribution in [-0.4, -0.2) is 21.5 Å². The van der Waals surface area contributed by atoms with Crippen LogP contribution in [0.1, 0.15) is 32.5 Å². The van der Waals surface area contributed by atoms with Crippen molar-refractivity contribution in [2.75, 3.05) is 0 Å². The molecule has 0 bridgehead atoms. The fraction of sp³-hybridized carbons (Fsp3) is 0.294. The molecule has 2 rings (SSSR count). The Morgan fingerprint density at radius 3 is 2.59 bits per heavy atom. The minimum atomic E-state index is -0.593. The lowest BCUT2D eigenvalue weighted by Crippen LogP contribution is -2.36. The molecule has 0 aliphatic carbocycles. The van der Waals surface area contributed by atoms with Crippen molar-refractivity contribution in [3.8, 4) is 11.8 Å². The predicted molar refractivity (Wildman–Crippen MR) is 84.0 cm³/mol. The summed E-state index contributed by atoms with van der Waals surface area (Å²) >= 11 is 0. The molecule has 114 valence electrons. The number of nitrogens with zero attached hydrogens (tertiary/aromatic N) is 2. The molecule has 22 heavy (non-hydrogen) atoms. The standard InChI is InChI=1S/C17H19N3O2/c1-17(2,3)22-16(21)19-15(20-13-7-12-18-20)11-10-14-8-5-4-6-9-14/h4-9,12-13,15H,1-3H3,(H,19,21). The molecule has 2 aromatic rings. The van der Waals surface area contributed by atoms with E-state index in [0.29, 0.717) is 0 Å². The number of aromatic nitrogens is 2. The number of carbonyl (C=O) groups excluding carboxylic acids is 1. The number of alkyl carbamates (subject to hydrolysis) is 1. The smallest absolute Gasteiger partial charge is 0.410 e. The first kappa shape index (κ1) is 15.6. The zero-order valence-electron chi connectivity index (χ0n) is 12.9. The number of rotatable bonds is 2. The first-order chi connectivity index (χ1) is 10.4. The lowest BCUT2D eigenvalue weighted by atomic mass is 10.2. The van der Waals surface area contributed by atoms with Crippen molar-refractivity contribution < 1.29 is 9.53 Å². The molecule has 5 heteroatoms. The van der Waals surface area contributed by atoms with Crippen molar-refractivity contribution in [2.24, 2.45) is 0 Å². The molecule has 0 aliphatic rings. The molecule has 0 saturated heterocycles. The second-order valence-electron chi connectivity index (χ2n) is 5.67. The SMILES string of the molecule is CC(C)(C)OC(=O)NC(C#Cc1ccccc1)n1cccn1. The van der Waals surface area contributed by atoms with Crippen LogP contribution >= 0.6 is 0 Å². The zero-order chi connectivity index (χ0) is 16.0. The average molecular weight is 297 g/mol. The minimum absolute atomic E-state index is 0.532. The van der Waals surface area contributed by atoms with Crippen LogP contribution in [0.25, 0.3) is 0 Å². The number of nitrogens with one attached hydrogen (secondary N) is 1. The summed E-state index contributed by atoms with van der Waals surface area (Å²) in [6.07, 6.45) is 2.25. The van der Waals surface area contributed by atoms with E-state index >= 15 is 0 Å². The largest absolute Gasteiger partial charge is 0.444 e. The van der Waals surface area contributed by atoms with E-state index in [-0.39, 0.29) is 0 Å². The molecule has 0 aliphatic heterocycles. The maximum atomic E-state index is 11.9. The van der Waals surface area contributed by atoms with E-state index in [2.05, 4.69) is 22.3 Å². The molecule has 1 amide bonds. The summed E-state index contributed by atoms with van der Waals surface area (Å²) < 4.78 is 6.83. The molecule has 1 aromatic heterocycles. The third-order valence-corrected chi connectivity index (χ3v) is 2.57. The van der Waals surface area contributed by atoms with Gasteiger partial charge in [-0.25, -0.2) is 9.48 Å². The van der Waals surface area contributed by atoms with Gasteiger partial charge in [-0.05, 0) is 44.9 Å². The maximum absolute atomic E-state index is 11.9. The normalized spacial score (nSPS) is 12.0. The highest BCUT2D eigenvalue weighted by molar-refractivity contribution is 5.68. The van der Waals surface area contributed by atoms with Gasteiger partial charge in [0.15, 0.2) is 6.17 Å². The number of hydrogen-bond acceptors (Lipinski definition) is 3. The third kappa shape index (κ3) is 4.98. The Kier molecular flexibility index (Phi) is 4.84. The Morgan fingerprint density at radius 2 is 2.00 bits per heavy atom. The van der Waals surface area contributed by atoms with E-state index in [1.165, 1.54) is 0 Å². The minimum Gasteiger partial charge on any atom is -0.444 e. The summed E-state index contributed by atoms with van der Waals surface area (Å²) in [6.45, 7) is 5.43. The van der Waals surface area contributed by atoms with E-state index in [9.17, 15) is 4.79 Å². The lowest BCUT2D eigenvalue weighted by Gasteiger charge is -2.21. The lowest BCUT2D eigenvalue weighted by molar-refractivity contribution is 0.0497. The highest BCUT2D eigenvalue weighted by Crippen LogP contribution is 2.08. The number of hydrogen-bond donors (Lipinski definition) is 1. The first-order valence-corrected chi connectivity index (χ1v) is 6.99. The van der Waals surface area contributed by atoms with Crippen LogP contribution in [0.3, 0.4) is 0 Å². The topological polar surface area (TPSA) is 56.1 Å². The van der Waals surface area contributed by atoms with Gasteiger partial charge in [-0.3, -0.25) is 5.32 Å². The van der Waals surface area contributed by atoms with Gasteiger partial charge in [-0.2, -0.15) is 5.10 Å². The van der Waals surface area contributed by atoms with Crippen molar-refractivity contribution in [2.45, 2.75) is 32.5 Å². The monoisotopic (exact) mass is 297 g/mol. The summed E-state index contributed by atoms with van der Waals surface area (Å²) in [7, 11) is 0. The molecule has 1 heterocycles. The molecule has 0 fully saturated rings. The Balaban J connectivity index is 2.15. The quantitative estimate of drug-likeness (QED) is 0.867. The van der Waals surface area contributed by atoms with Gasteiger partial charge in [0.05, 0.1) is 0 Å². The molecule has 1 aromatic carbocycles. The Morgan fingerprint density at radius 1 is 1.27 bits per heavy atom. The van der Waals surface area contributed by atoms with Crippen LogP contribution in [0, 0.1) is 11.8 Å². The second kappa shape index (κ2) is 6.81. The van der Waals surface area contributed by atoms with Gasteiger partial charge in [-0.15, -0.1) is 0 Å². The molecular weight excluding hydrogens is 278 g/mol. The molecule has 5 nitrogen and oxygen atoms in total. The van der Waals surface area contributed by atoms with Gasteiger partial charge in [-0.1, -0.05) is 24.1 Å². The van der Waals surface area contributed by atoms with Gasteiger partial charge in [0.25, 0.3) is 0 Å². The van der Waals surface area contributed by atoms with E-state index in [1.807, 2.05) is 51.1 Å². The maximum Gasteiger partial charge on any atom is 0.410 e. The summed E-state index contributed by atoms with van der Waals surface area (Å²) in [5.41, 5.74) is 0.302. The van der Waals surface area contributed by atoms with Crippen LogP contribution in [0.15, 0.2) is 48.8 Å². The van der Waals surface area contributed by atoms with Crippen molar-refractivity contribution in [1.82, 2.24) is 15.1 Å². The molecule has 1 N–H and O–H groups in total. The van der Waals surface area contributed by atoms with E-state index in [4.69, 9.17) is 4.74 Å². The molecular formula is C17H19N3O2. The predicted octanol–water partition coefficient (Wildman–Crippen LogP) is 2.96. The van der Waals surface area contributed by atoms with Crippen LogP contribution in [0.4, 0.5) is 4.79 Å². The highest BCUT2D eigenvalue weighted by Gasteiger charge is 2.19. The van der Waals surface area contributed by atoms with Gasteiger partial charge in [0, 0.05) is 18.0 Å². The van der Waals surface area contributed by atoms with Crippen molar-refractivity contribution in [3.63, 3.8) is 0 Å². The molecule has 1 unspecified atom stereocenters. The molecule has 0 radical (unpaired) electrons. The Hall–Kier alpha value is -2.74. The van der Waals surface area contributed by atoms with E-state index in [0.717, 1.165) is 5.56 Å². The fourth-order valence-electron chi connectivity index (χ4n) is 1.69. The van der Waals surface area contributed by atoms with Gasteiger partial charge < -0.3 is 4.74 Å². The van der Waals surface area contributed by atoms with Gasteiger partial charge in [0.2, 0.25) is 0 Å². The fourth-order valence-corrected chi connectivity index (χ4v) is 1.69. The van der Waals surface area contributed by atoms with Crippen LogP contribution in [0.2, 0.25) is 0 Å². The van der Waals surface area contributed by atoms with Crippen LogP contribution in [0.5, 0.6) is 0 Å². The molecule has 1 atom stereocenters. The van der Waals surface area contributed by atoms with Crippen LogP contribution < -0.4 is 5.32 Å². The third-order valence-electron chi connectivity index (χ3n) is 2.57. The van der Waals surface area contributed by atoms with Crippen molar-refractivity contribution >= 4 is 6.09 Å². The van der Waals surface area contributed by atoms with Gasteiger partial charge >= 0.3 is 6.09 Å². The first-order valence-electron chi connectivity index (χ1n) is 6.99. The summed E-state index contributed by atoms with van der Waals surface area (Å²) in [6, 6.07) is 11.3. The Labute approximate surface area is 130 Å². The molecule has 0 spiro atoms. The van der Waals surface area contributed by atoms with Crippen molar-refractivity contribution in [1.29, 1.82) is 0 Å². The van der Waals surface area contributed by atoms with E-state index < -0.39 is 17.9 Å². The summed E-state index contributed by atoms with van der Waals surface area (Å²) in [5, 5.41) is 6.83. The summed E-state index contributed by atoms with van der Waals surface area (Å²) in [4.78, 5) is 11.9. The van der Waals surface area contributed by atoms with E-state index in [1.54, 1.807) is 23.1 Å². The summed E-state index contributed by atoms with van der Waals surface area (Å²) in [5.74, 6) is 6.01. The number of amides is 1. The van der Waals surface area contributed by atoms with Crippen LogP contribution in [-0.2, 0) is 4.74 Å².